The number of aromatic nitrogens is 3. The monoisotopic (exact) mass is 818 g/mol. The van der Waals surface area contributed by atoms with Gasteiger partial charge in [0.15, 0.2) is 17.5 Å². The summed E-state index contributed by atoms with van der Waals surface area (Å²) in [5.74, 6) is 2.24. The van der Waals surface area contributed by atoms with Gasteiger partial charge in [-0.3, -0.25) is 0 Å². The van der Waals surface area contributed by atoms with E-state index in [1.807, 2.05) is 60.7 Å². The Morgan fingerprint density at radius 3 is 1.77 bits per heavy atom. The van der Waals surface area contributed by atoms with Gasteiger partial charge in [0.05, 0.1) is 6.04 Å². The van der Waals surface area contributed by atoms with Gasteiger partial charge in [-0.05, 0) is 104 Å². The second-order valence-electron chi connectivity index (χ2n) is 16.7. The predicted molar refractivity (Wildman–Crippen MR) is 263 cm³/mol. The summed E-state index contributed by atoms with van der Waals surface area (Å²) < 4.78 is 0. The Balaban J connectivity index is 0.915. The van der Waals surface area contributed by atoms with Crippen LogP contribution in [-0.4, -0.2) is 21.0 Å². The number of para-hydroxylation sites is 2. The molecule has 2 aliphatic carbocycles. The van der Waals surface area contributed by atoms with Crippen molar-refractivity contribution < 1.29 is 0 Å². The van der Waals surface area contributed by atoms with E-state index in [9.17, 15) is 0 Å². The quantitative estimate of drug-likeness (QED) is 0.161. The zero-order valence-electron chi connectivity index (χ0n) is 35.1. The minimum atomic E-state index is 0.189. The standard InChI is InChI=1S/C60H42N4/c1-4-17-41(18-5-1)58-61-59(42-19-6-2-7-20-42)63-60(62-58)48-24-15-22-44(37-48)45-31-34-52-51(33-30-40-16-10-11-27-50(40)55(52)38-45)47-23-14-21-43(36-47)46-32-35-54-53-28-12-13-29-56(53)64(57(54)39-46)49-25-8-3-9-26-49/h1-29,31-39,54,57H,30H2. The molecular formula is C60H42N4. The summed E-state index contributed by atoms with van der Waals surface area (Å²) in [6, 6.07) is 73.7. The van der Waals surface area contributed by atoms with Crippen molar-refractivity contribution in [2.24, 2.45) is 0 Å². The lowest BCUT2D eigenvalue weighted by molar-refractivity contribution is 0.747. The molecule has 1 aliphatic heterocycles. The van der Waals surface area contributed by atoms with E-state index >= 15 is 0 Å². The van der Waals surface area contributed by atoms with E-state index in [0.29, 0.717) is 23.4 Å². The molecule has 0 spiro atoms. The van der Waals surface area contributed by atoms with Crippen LogP contribution in [0.25, 0.3) is 67.6 Å². The summed E-state index contributed by atoms with van der Waals surface area (Å²) in [6.07, 6.45) is 10.5. The Kier molecular flexibility index (Phi) is 9.34. The van der Waals surface area contributed by atoms with Gasteiger partial charge in [-0.2, -0.15) is 0 Å². The molecule has 1 aromatic heterocycles. The lowest BCUT2D eigenvalue weighted by Gasteiger charge is -2.30. The minimum absolute atomic E-state index is 0.189. The number of rotatable bonds is 7. The lowest BCUT2D eigenvalue weighted by Crippen LogP contribution is -2.29. The van der Waals surface area contributed by atoms with Crippen molar-refractivity contribution in [3.8, 4) is 56.4 Å². The average Bonchev–Trinajstić information content (AvgIpc) is 3.61. The lowest BCUT2D eigenvalue weighted by atomic mass is 9.85. The number of fused-ring (bicyclic) bond motifs is 6. The Bertz CT molecular complexity index is 3250. The van der Waals surface area contributed by atoms with E-state index in [4.69, 9.17) is 15.0 Å². The van der Waals surface area contributed by atoms with E-state index in [2.05, 4.69) is 175 Å². The van der Waals surface area contributed by atoms with Crippen molar-refractivity contribution in [1.29, 1.82) is 0 Å². The van der Waals surface area contributed by atoms with Crippen LogP contribution in [0.1, 0.15) is 33.7 Å². The van der Waals surface area contributed by atoms with E-state index in [-0.39, 0.29) is 6.04 Å². The van der Waals surface area contributed by atoms with Crippen molar-refractivity contribution in [1.82, 2.24) is 15.0 Å². The van der Waals surface area contributed by atoms with Crippen molar-refractivity contribution in [3.05, 3.63) is 258 Å². The SMILES string of the molecule is C1=CC2c3ccccc3N(c3ccccc3)C2C=C1c1cccc(C2=CCc3ccccc3-c3cc(-c4cccc(-c5nc(-c6ccccc6)nc(-c6ccccc6)n5)c4)ccc32)c1. The van der Waals surface area contributed by atoms with Gasteiger partial charge in [-0.25, -0.2) is 15.0 Å². The molecular weight excluding hydrogens is 777 g/mol. The third-order valence-electron chi connectivity index (χ3n) is 12.9. The highest BCUT2D eigenvalue weighted by molar-refractivity contribution is 5.94. The number of anilines is 2. The van der Waals surface area contributed by atoms with Crippen molar-refractivity contribution >= 4 is 22.5 Å². The van der Waals surface area contributed by atoms with Gasteiger partial charge in [0.1, 0.15) is 0 Å². The van der Waals surface area contributed by atoms with Crippen LogP contribution < -0.4 is 4.90 Å². The van der Waals surface area contributed by atoms with Gasteiger partial charge in [0.2, 0.25) is 0 Å². The molecule has 302 valence electrons. The molecule has 0 radical (unpaired) electrons. The molecule has 0 bridgehead atoms. The summed E-state index contributed by atoms with van der Waals surface area (Å²) in [5, 5.41) is 0. The summed E-state index contributed by atoms with van der Waals surface area (Å²) in [7, 11) is 0. The first kappa shape index (κ1) is 37.5. The van der Waals surface area contributed by atoms with Crippen LogP contribution in [-0.2, 0) is 6.42 Å². The van der Waals surface area contributed by atoms with Gasteiger partial charge < -0.3 is 4.90 Å². The second-order valence-corrected chi connectivity index (χ2v) is 16.7. The molecule has 4 heteroatoms. The minimum Gasteiger partial charge on any atom is -0.333 e. The summed E-state index contributed by atoms with van der Waals surface area (Å²) in [5.41, 5.74) is 18.9. The highest BCUT2D eigenvalue weighted by Crippen LogP contribution is 2.49. The highest BCUT2D eigenvalue weighted by atomic mass is 15.2. The molecule has 0 saturated carbocycles. The topological polar surface area (TPSA) is 41.9 Å². The van der Waals surface area contributed by atoms with E-state index in [1.54, 1.807) is 0 Å². The second kappa shape index (κ2) is 15.9. The van der Waals surface area contributed by atoms with Crippen LogP contribution in [0.2, 0.25) is 0 Å². The van der Waals surface area contributed by atoms with Crippen LogP contribution >= 0.6 is 0 Å². The molecule has 0 amide bonds. The molecule has 9 aromatic rings. The fourth-order valence-electron chi connectivity index (χ4n) is 9.81. The van der Waals surface area contributed by atoms with E-state index < -0.39 is 0 Å². The first-order valence-electron chi connectivity index (χ1n) is 22.1. The summed E-state index contributed by atoms with van der Waals surface area (Å²) in [4.78, 5) is 17.5. The van der Waals surface area contributed by atoms with E-state index in [1.165, 1.54) is 61.5 Å². The molecule has 3 aliphatic rings. The zero-order valence-corrected chi connectivity index (χ0v) is 35.1. The third-order valence-corrected chi connectivity index (χ3v) is 12.9. The van der Waals surface area contributed by atoms with Crippen LogP contribution in [0.3, 0.4) is 0 Å². The molecule has 8 aromatic carbocycles. The maximum absolute atomic E-state index is 5.03. The first-order chi connectivity index (χ1) is 31.7. The Labute approximate surface area is 374 Å². The molecule has 4 nitrogen and oxygen atoms in total. The van der Waals surface area contributed by atoms with Gasteiger partial charge in [-0.15, -0.1) is 0 Å². The van der Waals surface area contributed by atoms with Crippen LogP contribution in [0.15, 0.2) is 231 Å². The van der Waals surface area contributed by atoms with Crippen molar-refractivity contribution in [2.75, 3.05) is 4.90 Å². The maximum Gasteiger partial charge on any atom is 0.164 e. The number of nitrogens with zero attached hydrogens (tertiary/aromatic N) is 4. The number of allylic oxidation sites excluding steroid dienone is 3. The van der Waals surface area contributed by atoms with Gasteiger partial charge in [0, 0.05) is 34.0 Å². The molecule has 2 atom stereocenters. The van der Waals surface area contributed by atoms with Crippen LogP contribution in [0.4, 0.5) is 11.4 Å². The van der Waals surface area contributed by atoms with Gasteiger partial charge in [0.25, 0.3) is 0 Å². The van der Waals surface area contributed by atoms with Gasteiger partial charge >= 0.3 is 0 Å². The fourth-order valence-corrected chi connectivity index (χ4v) is 9.81. The summed E-state index contributed by atoms with van der Waals surface area (Å²) >= 11 is 0. The first-order valence-corrected chi connectivity index (χ1v) is 22.1. The molecule has 64 heavy (non-hydrogen) atoms. The largest absolute Gasteiger partial charge is 0.333 e. The average molecular weight is 819 g/mol. The zero-order chi connectivity index (χ0) is 42.4. The van der Waals surface area contributed by atoms with Crippen LogP contribution in [0, 0.1) is 0 Å². The molecule has 0 fully saturated rings. The Morgan fingerprint density at radius 1 is 0.422 bits per heavy atom. The number of benzene rings is 8. The Hall–Kier alpha value is -8.21. The smallest absolute Gasteiger partial charge is 0.164 e. The highest BCUT2D eigenvalue weighted by Gasteiger charge is 2.38. The number of hydrogen-bond donors (Lipinski definition) is 0. The summed E-state index contributed by atoms with van der Waals surface area (Å²) in [6.45, 7) is 0. The molecule has 2 heterocycles. The predicted octanol–water partition coefficient (Wildman–Crippen LogP) is 14.5. The molecule has 12 rings (SSSR count). The van der Waals surface area contributed by atoms with Crippen molar-refractivity contribution in [2.45, 2.75) is 18.4 Å². The Morgan fingerprint density at radius 2 is 1.00 bits per heavy atom. The fraction of sp³-hybridized carbons (Fsp3) is 0.0500. The van der Waals surface area contributed by atoms with E-state index in [0.717, 1.165) is 34.2 Å². The molecule has 0 N–H and O–H groups in total. The number of hydrogen-bond acceptors (Lipinski definition) is 4. The van der Waals surface area contributed by atoms with Crippen LogP contribution in [0.5, 0.6) is 0 Å². The third kappa shape index (κ3) is 6.77. The van der Waals surface area contributed by atoms with Gasteiger partial charge in [-0.1, -0.05) is 194 Å². The maximum atomic E-state index is 5.03. The molecule has 0 saturated heterocycles. The normalized spacial score (nSPS) is 15.8. The molecule has 2 unspecified atom stereocenters. The van der Waals surface area contributed by atoms with Crippen molar-refractivity contribution in [3.63, 3.8) is 0 Å².